The van der Waals surface area contributed by atoms with Crippen LogP contribution in [-0.2, 0) is 0 Å². The molecule has 2 aromatic heterocycles. The van der Waals surface area contributed by atoms with Gasteiger partial charge in [-0.25, -0.2) is 4.98 Å². The van der Waals surface area contributed by atoms with Crippen molar-refractivity contribution in [2.24, 2.45) is 5.92 Å². The number of benzene rings is 1. The summed E-state index contributed by atoms with van der Waals surface area (Å²) in [6, 6.07) is 5.75. The molecule has 3 heterocycles. The molecule has 0 spiro atoms. The number of hydrogen-bond acceptors (Lipinski definition) is 8. The molecule has 0 radical (unpaired) electrons. The fourth-order valence-corrected chi connectivity index (χ4v) is 3.64. The fourth-order valence-electron chi connectivity index (χ4n) is 3.64. The summed E-state index contributed by atoms with van der Waals surface area (Å²) in [6.45, 7) is 4.60. The Balaban J connectivity index is 1.35. The molecule has 28 heavy (non-hydrogen) atoms. The second kappa shape index (κ2) is 6.83. The maximum atomic E-state index is 10.5. The molecule has 1 aromatic carbocycles. The maximum absolute atomic E-state index is 10.5. The number of aromatic hydroxyl groups is 1. The van der Waals surface area contributed by atoms with Gasteiger partial charge >= 0.3 is 0 Å². The zero-order valence-electron chi connectivity index (χ0n) is 15.7. The predicted octanol–water partition coefficient (Wildman–Crippen LogP) is 1.32. The number of rotatable bonds is 4. The van der Waals surface area contributed by atoms with E-state index in [9.17, 15) is 5.11 Å². The zero-order valence-corrected chi connectivity index (χ0v) is 15.7. The first-order chi connectivity index (χ1) is 13.7. The monoisotopic (exact) mass is 378 g/mol. The molecule has 3 aromatic rings. The summed E-state index contributed by atoms with van der Waals surface area (Å²) < 4.78 is 0. The summed E-state index contributed by atoms with van der Waals surface area (Å²) in [5.41, 5.74) is 2.60. The zero-order chi connectivity index (χ0) is 19.1. The lowest BCUT2D eigenvalue weighted by atomic mass is 10.1. The minimum Gasteiger partial charge on any atom is -0.507 e. The highest BCUT2D eigenvalue weighted by Crippen LogP contribution is 2.34. The molecule has 1 atom stereocenters. The van der Waals surface area contributed by atoms with Crippen molar-refractivity contribution in [3.05, 3.63) is 36.3 Å². The highest BCUT2D eigenvalue weighted by Gasteiger charge is 2.34. The topological polar surface area (TPSA) is 105 Å². The molecule has 5 rings (SSSR count). The lowest BCUT2D eigenvalue weighted by molar-refractivity contribution is 0.414. The number of aromatic nitrogens is 6. The van der Waals surface area contributed by atoms with Crippen LogP contribution in [-0.4, -0.2) is 61.0 Å². The maximum Gasteiger partial charge on any atom is 0.245 e. The molecular formula is C19H22N8O. The van der Waals surface area contributed by atoms with Crippen LogP contribution in [0.4, 0.5) is 5.95 Å². The van der Waals surface area contributed by atoms with E-state index in [4.69, 9.17) is 0 Å². The van der Waals surface area contributed by atoms with E-state index in [-0.39, 0.29) is 5.75 Å². The van der Waals surface area contributed by atoms with Crippen molar-refractivity contribution in [1.29, 1.82) is 0 Å². The number of nitrogens with zero attached hydrogens (tertiary/aromatic N) is 7. The van der Waals surface area contributed by atoms with Crippen molar-refractivity contribution in [1.82, 2.24) is 35.5 Å². The molecule has 9 heteroatoms. The predicted molar refractivity (Wildman–Crippen MR) is 103 cm³/mol. The van der Waals surface area contributed by atoms with Crippen LogP contribution >= 0.6 is 0 Å². The summed E-state index contributed by atoms with van der Waals surface area (Å²) in [6.07, 6.45) is 5.96. The van der Waals surface area contributed by atoms with Crippen molar-refractivity contribution in [3.63, 3.8) is 0 Å². The first kappa shape index (κ1) is 17.1. The van der Waals surface area contributed by atoms with Crippen LogP contribution in [0.2, 0.25) is 0 Å². The fraction of sp³-hybridized carbons (Fsp3) is 0.421. The molecule has 1 aliphatic carbocycles. The third kappa shape index (κ3) is 3.29. The quantitative estimate of drug-likeness (QED) is 0.700. The number of nitrogens with one attached hydrogen (secondary N) is 1. The van der Waals surface area contributed by atoms with E-state index in [2.05, 4.69) is 35.6 Å². The largest absolute Gasteiger partial charge is 0.507 e. The lowest BCUT2D eigenvalue weighted by Gasteiger charge is -2.33. The Morgan fingerprint density at radius 1 is 1.18 bits per heavy atom. The SMILES string of the molecule is Cc1cnn(-c2ccc(-c3cnc(N4CCN[C@H](C5CC5)C4)nn3)c(O)c2)n1. The minimum absolute atomic E-state index is 0.0901. The molecule has 1 saturated heterocycles. The summed E-state index contributed by atoms with van der Waals surface area (Å²) in [5.74, 6) is 1.52. The van der Waals surface area contributed by atoms with Crippen LogP contribution in [0.1, 0.15) is 18.5 Å². The molecule has 1 saturated carbocycles. The number of hydrogen-bond donors (Lipinski definition) is 2. The van der Waals surface area contributed by atoms with Crippen molar-refractivity contribution in [2.45, 2.75) is 25.8 Å². The average molecular weight is 378 g/mol. The summed E-state index contributed by atoms with van der Waals surface area (Å²) in [5, 5.41) is 31.1. The molecule has 9 nitrogen and oxygen atoms in total. The minimum atomic E-state index is 0.0901. The van der Waals surface area contributed by atoms with Gasteiger partial charge in [-0.3, -0.25) is 0 Å². The van der Waals surface area contributed by atoms with E-state index in [1.165, 1.54) is 17.6 Å². The van der Waals surface area contributed by atoms with Gasteiger partial charge in [0.05, 0.1) is 23.8 Å². The summed E-state index contributed by atoms with van der Waals surface area (Å²) >= 11 is 0. The molecule has 2 aliphatic rings. The molecule has 1 aliphatic heterocycles. The Labute approximate surface area is 162 Å². The summed E-state index contributed by atoms with van der Waals surface area (Å²) in [7, 11) is 0. The molecule has 0 bridgehead atoms. The number of phenolic OH excluding ortho intramolecular Hbond substituents is 1. The number of phenols is 1. The molecule has 2 fully saturated rings. The number of aryl methyl sites for hydroxylation is 1. The van der Waals surface area contributed by atoms with E-state index in [0.717, 1.165) is 31.2 Å². The lowest BCUT2D eigenvalue weighted by Crippen LogP contribution is -2.52. The first-order valence-corrected chi connectivity index (χ1v) is 9.58. The van der Waals surface area contributed by atoms with Crippen LogP contribution in [0, 0.1) is 12.8 Å². The van der Waals surface area contributed by atoms with Crippen LogP contribution in [0.15, 0.2) is 30.6 Å². The van der Waals surface area contributed by atoms with E-state index in [0.29, 0.717) is 28.9 Å². The van der Waals surface area contributed by atoms with Gasteiger partial charge in [0.15, 0.2) is 0 Å². The van der Waals surface area contributed by atoms with Gasteiger partial charge in [0.2, 0.25) is 5.95 Å². The Hall–Kier alpha value is -3.07. The van der Waals surface area contributed by atoms with E-state index in [1.54, 1.807) is 24.5 Å². The average Bonchev–Trinajstić information content (AvgIpc) is 3.49. The summed E-state index contributed by atoms with van der Waals surface area (Å²) in [4.78, 5) is 8.17. The third-order valence-electron chi connectivity index (χ3n) is 5.32. The van der Waals surface area contributed by atoms with Gasteiger partial charge in [0, 0.05) is 37.3 Å². The molecule has 2 N–H and O–H groups in total. The van der Waals surface area contributed by atoms with Gasteiger partial charge in [0.25, 0.3) is 0 Å². The van der Waals surface area contributed by atoms with Crippen LogP contribution in [0.25, 0.3) is 16.9 Å². The highest BCUT2D eigenvalue weighted by molar-refractivity contribution is 5.67. The number of piperazine rings is 1. The van der Waals surface area contributed by atoms with Gasteiger partial charge in [0.1, 0.15) is 11.4 Å². The van der Waals surface area contributed by atoms with Gasteiger partial charge in [-0.2, -0.15) is 15.0 Å². The van der Waals surface area contributed by atoms with Crippen molar-refractivity contribution in [2.75, 3.05) is 24.5 Å². The first-order valence-electron chi connectivity index (χ1n) is 9.58. The number of anilines is 1. The second-order valence-corrected chi connectivity index (χ2v) is 7.46. The standard InChI is InChI=1S/C19H22N8O/c1-12-9-22-27(25-12)14-4-5-15(18(28)8-14)16-10-21-19(24-23-16)26-7-6-20-17(11-26)13-2-3-13/h4-5,8-10,13,17,20,28H,2-3,6-7,11H2,1H3/t17-/m0/s1. The Bertz CT molecular complexity index is 982. The van der Waals surface area contributed by atoms with Gasteiger partial charge in [-0.05, 0) is 37.8 Å². The van der Waals surface area contributed by atoms with Crippen molar-refractivity contribution < 1.29 is 5.11 Å². The highest BCUT2D eigenvalue weighted by atomic mass is 16.3. The van der Waals surface area contributed by atoms with Crippen LogP contribution in [0.3, 0.4) is 0 Å². The van der Waals surface area contributed by atoms with E-state index < -0.39 is 0 Å². The van der Waals surface area contributed by atoms with Crippen molar-refractivity contribution in [3.8, 4) is 22.7 Å². The molecule has 0 amide bonds. The molecule has 0 unspecified atom stereocenters. The normalized spacial score (nSPS) is 19.8. The van der Waals surface area contributed by atoms with Crippen molar-refractivity contribution >= 4 is 5.95 Å². The Kier molecular flexibility index (Phi) is 4.16. The molecule has 144 valence electrons. The second-order valence-electron chi connectivity index (χ2n) is 7.46. The van der Waals surface area contributed by atoms with E-state index in [1.807, 2.05) is 13.0 Å². The van der Waals surface area contributed by atoms with Gasteiger partial charge in [-0.15, -0.1) is 10.2 Å². The Morgan fingerprint density at radius 2 is 2.07 bits per heavy atom. The van der Waals surface area contributed by atoms with E-state index >= 15 is 0 Å². The van der Waals surface area contributed by atoms with Gasteiger partial charge < -0.3 is 15.3 Å². The van der Waals surface area contributed by atoms with Crippen LogP contribution < -0.4 is 10.2 Å². The van der Waals surface area contributed by atoms with Gasteiger partial charge in [-0.1, -0.05) is 0 Å². The smallest absolute Gasteiger partial charge is 0.245 e. The van der Waals surface area contributed by atoms with Crippen LogP contribution in [0.5, 0.6) is 5.75 Å². The molecular weight excluding hydrogens is 356 g/mol. The Morgan fingerprint density at radius 3 is 2.75 bits per heavy atom. The third-order valence-corrected chi connectivity index (χ3v) is 5.32.